The highest BCUT2D eigenvalue weighted by molar-refractivity contribution is 7.89. The van der Waals surface area contributed by atoms with Crippen LogP contribution in [-0.2, 0) is 16.6 Å². The molecule has 0 aliphatic carbocycles. The molecule has 3 heterocycles. The van der Waals surface area contributed by atoms with E-state index < -0.39 is 10.0 Å². The molecule has 1 aliphatic heterocycles. The first-order valence-corrected chi connectivity index (χ1v) is 9.43. The fourth-order valence-electron chi connectivity index (χ4n) is 2.75. The van der Waals surface area contributed by atoms with Gasteiger partial charge < -0.3 is 14.7 Å². The maximum Gasteiger partial charge on any atom is 0.268 e. The number of carbonyl (C=O) groups excluding carboxylic acids is 1. The number of sulfonamides is 1. The van der Waals surface area contributed by atoms with Crippen LogP contribution in [0.25, 0.3) is 0 Å². The molecular formula is C16H21N3O4S. The van der Waals surface area contributed by atoms with Gasteiger partial charge in [0, 0.05) is 19.3 Å². The van der Waals surface area contributed by atoms with Crippen molar-refractivity contribution in [3.63, 3.8) is 0 Å². The quantitative estimate of drug-likeness (QED) is 0.861. The number of carbonyl (C=O) groups is 1. The van der Waals surface area contributed by atoms with E-state index in [1.54, 1.807) is 6.07 Å². The first-order valence-electron chi connectivity index (χ1n) is 7.99. The number of H-pyrrole nitrogens is 1. The molecule has 0 atom stereocenters. The number of aromatic nitrogens is 1. The highest BCUT2D eigenvalue weighted by atomic mass is 32.2. The zero-order chi connectivity index (χ0) is 17.2. The predicted molar refractivity (Wildman–Crippen MR) is 88.0 cm³/mol. The number of rotatable bonds is 5. The van der Waals surface area contributed by atoms with Crippen molar-refractivity contribution in [1.29, 1.82) is 0 Å². The van der Waals surface area contributed by atoms with E-state index >= 15 is 0 Å². The first kappa shape index (κ1) is 16.8. The molecule has 2 N–H and O–H groups in total. The minimum absolute atomic E-state index is 0.128. The van der Waals surface area contributed by atoms with Crippen LogP contribution in [0.2, 0.25) is 0 Å². The second-order valence-corrected chi connectivity index (χ2v) is 7.85. The van der Waals surface area contributed by atoms with E-state index in [4.69, 9.17) is 4.42 Å². The third kappa shape index (κ3) is 3.54. The molecule has 0 unspecified atom stereocenters. The average molecular weight is 351 g/mol. The van der Waals surface area contributed by atoms with Crippen LogP contribution in [-0.4, -0.2) is 36.7 Å². The van der Waals surface area contributed by atoms with Gasteiger partial charge in [-0.15, -0.1) is 0 Å². The standard InChI is InChI=1S/C16H21N3O4S/c1-12-5-6-13(23-12)10-18-16(20)15-9-14(11-17-15)24(21,22)19-7-3-2-4-8-19/h5-6,9,11,17H,2-4,7-8,10H2,1H3,(H,18,20). The third-order valence-corrected chi connectivity index (χ3v) is 5.95. The minimum Gasteiger partial charge on any atom is -0.465 e. The lowest BCUT2D eigenvalue weighted by molar-refractivity contribution is 0.0943. The topological polar surface area (TPSA) is 95.4 Å². The van der Waals surface area contributed by atoms with Gasteiger partial charge in [0.1, 0.15) is 22.1 Å². The van der Waals surface area contributed by atoms with E-state index in [0.717, 1.165) is 25.0 Å². The van der Waals surface area contributed by atoms with Crippen molar-refractivity contribution in [3.8, 4) is 0 Å². The van der Waals surface area contributed by atoms with Crippen molar-refractivity contribution in [2.45, 2.75) is 37.6 Å². The van der Waals surface area contributed by atoms with Gasteiger partial charge in [-0.2, -0.15) is 4.31 Å². The van der Waals surface area contributed by atoms with Gasteiger partial charge in [0.2, 0.25) is 10.0 Å². The van der Waals surface area contributed by atoms with E-state index in [1.807, 2.05) is 13.0 Å². The number of aryl methyl sites for hydroxylation is 1. The van der Waals surface area contributed by atoms with Gasteiger partial charge in [-0.3, -0.25) is 4.79 Å². The van der Waals surface area contributed by atoms with Gasteiger partial charge >= 0.3 is 0 Å². The largest absolute Gasteiger partial charge is 0.465 e. The van der Waals surface area contributed by atoms with Gasteiger partial charge in [0.25, 0.3) is 5.91 Å². The van der Waals surface area contributed by atoms with Crippen molar-refractivity contribution in [2.24, 2.45) is 0 Å². The molecule has 0 spiro atoms. The van der Waals surface area contributed by atoms with Gasteiger partial charge in [0.15, 0.2) is 0 Å². The van der Waals surface area contributed by atoms with Crippen LogP contribution in [0.1, 0.15) is 41.3 Å². The second kappa shape index (κ2) is 6.82. The number of nitrogens with one attached hydrogen (secondary N) is 2. The molecule has 0 radical (unpaired) electrons. The third-order valence-electron chi connectivity index (χ3n) is 4.07. The van der Waals surface area contributed by atoms with E-state index in [9.17, 15) is 13.2 Å². The summed E-state index contributed by atoms with van der Waals surface area (Å²) in [4.78, 5) is 15.0. The van der Waals surface area contributed by atoms with Crippen LogP contribution in [0, 0.1) is 6.92 Å². The number of hydrogen-bond donors (Lipinski definition) is 2. The highest BCUT2D eigenvalue weighted by Crippen LogP contribution is 2.21. The summed E-state index contributed by atoms with van der Waals surface area (Å²) < 4.78 is 32.0. The zero-order valence-corrected chi connectivity index (χ0v) is 14.4. The van der Waals surface area contributed by atoms with Gasteiger partial charge in [-0.05, 0) is 38.0 Å². The van der Waals surface area contributed by atoms with Crippen molar-refractivity contribution < 1.29 is 17.6 Å². The van der Waals surface area contributed by atoms with Crippen LogP contribution >= 0.6 is 0 Å². The Hall–Kier alpha value is -2.06. The second-order valence-electron chi connectivity index (χ2n) is 5.91. The Morgan fingerprint density at radius 3 is 2.71 bits per heavy atom. The SMILES string of the molecule is Cc1ccc(CNC(=O)c2cc(S(=O)(=O)N3CCCCC3)c[nH]2)o1. The molecule has 0 saturated carbocycles. The molecule has 1 saturated heterocycles. The van der Waals surface area contributed by atoms with Crippen LogP contribution in [0.15, 0.2) is 33.7 Å². The molecule has 24 heavy (non-hydrogen) atoms. The Bertz CT molecular complexity index is 816. The van der Waals surface area contributed by atoms with Crippen LogP contribution < -0.4 is 5.32 Å². The monoisotopic (exact) mass is 351 g/mol. The molecule has 3 rings (SSSR count). The van der Waals surface area contributed by atoms with E-state index in [2.05, 4.69) is 10.3 Å². The fourth-order valence-corrected chi connectivity index (χ4v) is 4.26. The Kier molecular flexibility index (Phi) is 4.77. The van der Waals surface area contributed by atoms with E-state index in [-0.39, 0.29) is 23.0 Å². The summed E-state index contributed by atoms with van der Waals surface area (Å²) in [5.74, 6) is 1.05. The van der Waals surface area contributed by atoms with Gasteiger partial charge in [0.05, 0.1) is 6.54 Å². The predicted octanol–water partition coefficient (Wildman–Crippen LogP) is 2.02. The molecule has 8 heteroatoms. The molecule has 2 aromatic heterocycles. The van der Waals surface area contributed by atoms with Crippen molar-refractivity contribution in [2.75, 3.05) is 13.1 Å². The van der Waals surface area contributed by atoms with Crippen LogP contribution in [0.5, 0.6) is 0 Å². The number of aromatic amines is 1. The Labute approximate surface area is 141 Å². The summed E-state index contributed by atoms with van der Waals surface area (Å²) in [5, 5.41) is 2.70. The Morgan fingerprint density at radius 1 is 1.29 bits per heavy atom. The Balaban J connectivity index is 1.66. The highest BCUT2D eigenvalue weighted by Gasteiger charge is 2.27. The summed E-state index contributed by atoms with van der Waals surface area (Å²) in [6.45, 7) is 3.15. The van der Waals surface area contributed by atoms with Crippen molar-refractivity contribution in [3.05, 3.63) is 41.6 Å². The molecule has 2 aromatic rings. The molecule has 1 fully saturated rings. The lowest BCUT2D eigenvalue weighted by Gasteiger charge is -2.25. The van der Waals surface area contributed by atoms with Gasteiger partial charge in [-0.25, -0.2) is 8.42 Å². The van der Waals surface area contributed by atoms with E-state index in [1.165, 1.54) is 16.6 Å². The van der Waals surface area contributed by atoms with Gasteiger partial charge in [-0.1, -0.05) is 6.42 Å². The number of furan rings is 1. The smallest absolute Gasteiger partial charge is 0.268 e. The lowest BCUT2D eigenvalue weighted by atomic mass is 10.2. The van der Waals surface area contributed by atoms with Crippen molar-refractivity contribution in [1.82, 2.24) is 14.6 Å². The van der Waals surface area contributed by atoms with Crippen LogP contribution in [0.3, 0.4) is 0 Å². The molecule has 0 aromatic carbocycles. The summed E-state index contributed by atoms with van der Waals surface area (Å²) in [7, 11) is -3.53. The average Bonchev–Trinajstić information content (AvgIpc) is 3.23. The number of hydrogen-bond acceptors (Lipinski definition) is 4. The molecule has 130 valence electrons. The van der Waals surface area contributed by atoms with Crippen LogP contribution in [0.4, 0.5) is 0 Å². The van der Waals surface area contributed by atoms with E-state index in [0.29, 0.717) is 18.8 Å². The minimum atomic E-state index is -3.53. The maximum absolute atomic E-state index is 12.6. The normalized spacial score (nSPS) is 16.2. The number of piperidine rings is 1. The fraction of sp³-hybridized carbons (Fsp3) is 0.438. The number of nitrogens with zero attached hydrogens (tertiary/aromatic N) is 1. The maximum atomic E-state index is 12.6. The molecule has 0 bridgehead atoms. The first-order chi connectivity index (χ1) is 11.5. The molecule has 1 amide bonds. The molecular weight excluding hydrogens is 330 g/mol. The number of amides is 1. The Morgan fingerprint density at radius 2 is 2.04 bits per heavy atom. The molecule has 7 nitrogen and oxygen atoms in total. The summed E-state index contributed by atoms with van der Waals surface area (Å²) in [5.41, 5.74) is 0.217. The summed E-state index contributed by atoms with van der Waals surface area (Å²) in [6, 6.07) is 4.99. The summed E-state index contributed by atoms with van der Waals surface area (Å²) in [6.07, 6.45) is 4.17. The summed E-state index contributed by atoms with van der Waals surface area (Å²) >= 11 is 0. The van der Waals surface area contributed by atoms with Crippen molar-refractivity contribution >= 4 is 15.9 Å². The molecule has 1 aliphatic rings. The lowest BCUT2D eigenvalue weighted by Crippen LogP contribution is -2.35. The zero-order valence-electron chi connectivity index (χ0n) is 13.5.